The van der Waals surface area contributed by atoms with Gasteiger partial charge in [-0.3, -0.25) is 19.6 Å². The van der Waals surface area contributed by atoms with Gasteiger partial charge in [0.25, 0.3) is 5.91 Å². The third kappa shape index (κ3) is 8.17. The molecule has 0 radical (unpaired) electrons. The number of aliphatic hydroxyl groups is 2. The van der Waals surface area contributed by atoms with E-state index in [1.165, 1.54) is 13.8 Å². The minimum Gasteiger partial charge on any atom is -0.388 e. The summed E-state index contributed by atoms with van der Waals surface area (Å²) in [6.07, 6.45) is -2.50. The van der Waals surface area contributed by atoms with Gasteiger partial charge in [-0.1, -0.05) is 74.5 Å². The lowest BCUT2D eigenvalue weighted by atomic mass is 9.94. The van der Waals surface area contributed by atoms with E-state index in [-0.39, 0.29) is 11.0 Å². The molecule has 0 aromatic heterocycles. The molecular formula is C26H35N3O6. The molecule has 2 rings (SSSR count). The fourth-order valence-corrected chi connectivity index (χ4v) is 3.54. The number of hydrogen-bond donors (Lipinski definition) is 5. The standard InChI is InChI=1S/C26H35N3O6/c1-17(2)16-27-21(31)15-20(30)25(33)29(35)23(26(3,4)34)24(32)28-22(18-11-7-5-8-12-18)19-13-9-6-10-14-19/h5-14,17,20,22-23,30,34-35H,15-16H2,1-4H3,(H,27,31)(H,28,32)/t20-,23+/m0/s1. The SMILES string of the molecule is CC(C)CNC(=O)C[C@H](O)C(=O)N(O)[C@H](C(=O)NC(c1ccccc1)c1ccccc1)C(C)(C)O. The number of hydroxylamine groups is 2. The second-order valence-electron chi connectivity index (χ2n) is 9.42. The second kappa shape index (κ2) is 12.4. The number of aliphatic hydroxyl groups excluding tert-OH is 1. The van der Waals surface area contributed by atoms with Crippen molar-refractivity contribution < 1.29 is 29.8 Å². The molecule has 0 saturated heterocycles. The van der Waals surface area contributed by atoms with E-state index in [2.05, 4.69) is 10.6 Å². The van der Waals surface area contributed by atoms with Crippen molar-refractivity contribution >= 4 is 17.7 Å². The Labute approximate surface area is 205 Å². The number of hydrogen-bond acceptors (Lipinski definition) is 6. The van der Waals surface area contributed by atoms with Crippen LogP contribution in [0.1, 0.15) is 51.3 Å². The fraction of sp³-hybridized carbons (Fsp3) is 0.423. The highest BCUT2D eigenvalue weighted by atomic mass is 16.5. The third-order valence-corrected chi connectivity index (χ3v) is 5.31. The van der Waals surface area contributed by atoms with Crippen molar-refractivity contribution in [3.8, 4) is 0 Å². The lowest BCUT2D eigenvalue weighted by Gasteiger charge is -2.35. The molecule has 0 aliphatic heterocycles. The van der Waals surface area contributed by atoms with E-state index in [4.69, 9.17) is 0 Å². The fourth-order valence-electron chi connectivity index (χ4n) is 3.54. The monoisotopic (exact) mass is 485 g/mol. The molecule has 3 amide bonds. The molecule has 0 unspecified atom stereocenters. The maximum atomic E-state index is 13.3. The quantitative estimate of drug-likeness (QED) is 0.243. The maximum absolute atomic E-state index is 13.3. The van der Waals surface area contributed by atoms with Crippen LogP contribution in [0.2, 0.25) is 0 Å². The van der Waals surface area contributed by atoms with Crippen molar-refractivity contribution in [3.63, 3.8) is 0 Å². The Morgan fingerprint density at radius 2 is 1.43 bits per heavy atom. The van der Waals surface area contributed by atoms with Crippen molar-refractivity contribution in [1.29, 1.82) is 0 Å². The zero-order valence-electron chi connectivity index (χ0n) is 20.5. The summed E-state index contributed by atoms with van der Waals surface area (Å²) < 4.78 is 0. The van der Waals surface area contributed by atoms with Gasteiger partial charge in [0.1, 0.15) is 6.10 Å². The normalized spacial score (nSPS) is 13.3. The van der Waals surface area contributed by atoms with E-state index in [0.717, 1.165) is 11.1 Å². The Morgan fingerprint density at radius 1 is 0.943 bits per heavy atom. The summed E-state index contributed by atoms with van der Waals surface area (Å²) in [5, 5.41) is 36.9. The largest absolute Gasteiger partial charge is 0.388 e. The van der Waals surface area contributed by atoms with Crippen LogP contribution in [-0.2, 0) is 14.4 Å². The molecule has 0 aliphatic carbocycles. The van der Waals surface area contributed by atoms with E-state index in [0.29, 0.717) is 6.54 Å². The van der Waals surface area contributed by atoms with Crippen LogP contribution in [0, 0.1) is 5.92 Å². The molecule has 0 saturated carbocycles. The predicted octanol–water partition coefficient (Wildman–Crippen LogP) is 1.77. The molecule has 2 aromatic rings. The van der Waals surface area contributed by atoms with Crippen LogP contribution < -0.4 is 10.6 Å². The predicted molar refractivity (Wildman–Crippen MR) is 130 cm³/mol. The van der Waals surface area contributed by atoms with Gasteiger partial charge in [0.2, 0.25) is 11.8 Å². The third-order valence-electron chi connectivity index (χ3n) is 5.31. The number of carbonyl (C=O) groups is 3. The molecule has 0 fully saturated rings. The van der Waals surface area contributed by atoms with E-state index in [1.54, 1.807) is 0 Å². The molecule has 35 heavy (non-hydrogen) atoms. The highest BCUT2D eigenvalue weighted by Crippen LogP contribution is 2.24. The van der Waals surface area contributed by atoms with Gasteiger partial charge in [-0.2, -0.15) is 0 Å². The average Bonchev–Trinajstić information content (AvgIpc) is 2.81. The lowest BCUT2D eigenvalue weighted by Crippen LogP contribution is -2.60. The van der Waals surface area contributed by atoms with Crippen LogP contribution in [-0.4, -0.2) is 62.5 Å². The Kier molecular flexibility index (Phi) is 9.94. The van der Waals surface area contributed by atoms with E-state index in [9.17, 15) is 29.8 Å². The molecule has 190 valence electrons. The Morgan fingerprint density at radius 3 is 1.86 bits per heavy atom. The first kappa shape index (κ1) is 28.0. The topological polar surface area (TPSA) is 139 Å². The van der Waals surface area contributed by atoms with Crippen molar-refractivity contribution in [1.82, 2.24) is 15.7 Å². The van der Waals surface area contributed by atoms with Crippen LogP contribution in [0.3, 0.4) is 0 Å². The summed E-state index contributed by atoms with van der Waals surface area (Å²) in [5.74, 6) is -2.53. The maximum Gasteiger partial charge on any atom is 0.276 e. The number of rotatable bonds is 11. The summed E-state index contributed by atoms with van der Waals surface area (Å²) in [6, 6.07) is 15.8. The van der Waals surface area contributed by atoms with Gasteiger partial charge in [-0.05, 0) is 30.9 Å². The van der Waals surface area contributed by atoms with Crippen LogP contribution in [0.5, 0.6) is 0 Å². The number of nitrogens with zero attached hydrogens (tertiary/aromatic N) is 1. The van der Waals surface area contributed by atoms with E-state index < -0.39 is 47.9 Å². The van der Waals surface area contributed by atoms with E-state index in [1.807, 2.05) is 74.5 Å². The van der Waals surface area contributed by atoms with Gasteiger partial charge < -0.3 is 20.8 Å². The van der Waals surface area contributed by atoms with Crippen LogP contribution in [0.25, 0.3) is 0 Å². The molecule has 0 spiro atoms. The number of carbonyl (C=O) groups excluding carboxylic acids is 3. The number of nitrogens with one attached hydrogen (secondary N) is 2. The van der Waals surface area contributed by atoms with Gasteiger partial charge in [-0.25, -0.2) is 5.06 Å². The summed E-state index contributed by atoms with van der Waals surface area (Å²) in [6.45, 7) is 6.66. The molecule has 0 aliphatic rings. The van der Waals surface area contributed by atoms with Crippen LogP contribution in [0.15, 0.2) is 60.7 Å². The first-order valence-electron chi connectivity index (χ1n) is 11.5. The van der Waals surface area contributed by atoms with Gasteiger partial charge in [0.05, 0.1) is 18.1 Å². The second-order valence-corrected chi connectivity index (χ2v) is 9.42. The smallest absolute Gasteiger partial charge is 0.276 e. The molecular weight excluding hydrogens is 450 g/mol. The summed E-state index contributed by atoms with van der Waals surface area (Å²) in [7, 11) is 0. The highest BCUT2D eigenvalue weighted by Gasteiger charge is 2.43. The van der Waals surface area contributed by atoms with Gasteiger partial charge in [0.15, 0.2) is 6.04 Å². The van der Waals surface area contributed by atoms with Crippen LogP contribution >= 0.6 is 0 Å². The van der Waals surface area contributed by atoms with Gasteiger partial charge in [-0.15, -0.1) is 0 Å². The van der Waals surface area contributed by atoms with Gasteiger partial charge in [0, 0.05) is 6.54 Å². The minimum atomic E-state index is -1.90. The zero-order valence-corrected chi connectivity index (χ0v) is 20.5. The summed E-state index contributed by atoms with van der Waals surface area (Å²) in [5.41, 5.74) is -0.384. The molecule has 9 heteroatoms. The minimum absolute atomic E-state index is 0.00275. The Bertz CT molecular complexity index is 936. The first-order valence-corrected chi connectivity index (χ1v) is 11.5. The van der Waals surface area contributed by atoms with Crippen molar-refractivity contribution in [3.05, 3.63) is 71.8 Å². The van der Waals surface area contributed by atoms with Crippen molar-refractivity contribution in [2.45, 2.75) is 57.9 Å². The summed E-state index contributed by atoms with van der Waals surface area (Å²) >= 11 is 0. The molecule has 9 nitrogen and oxygen atoms in total. The molecule has 2 aromatic carbocycles. The molecule has 2 atom stereocenters. The molecule has 0 heterocycles. The van der Waals surface area contributed by atoms with Crippen LogP contribution in [0.4, 0.5) is 0 Å². The average molecular weight is 486 g/mol. The number of benzene rings is 2. The van der Waals surface area contributed by atoms with Gasteiger partial charge >= 0.3 is 0 Å². The molecule has 0 bridgehead atoms. The highest BCUT2D eigenvalue weighted by molar-refractivity contribution is 5.92. The first-order chi connectivity index (χ1) is 16.4. The summed E-state index contributed by atoms with van der Waals surface area (Å²) in [4.78, 5) is 38.0. The lowest BCUT2D eigenvalue weighted by molar-refractivity contribution is -0.204. The van der Waals surface area contributed by atoms with Crippen molar-refractivity contribution in [2.24, 2.45) is 5.92 Å². The number of amides is 3. The molecule has 5 N–H and O–H groups in total. The Balaban J connectivity index is 2.24. The zero-order chi connectivity index (χ0) is 26.2. The Hall–Kier alpha value is -3.27. The van der Waals surface area contributed by atoms with E-state index >= 15 is 0 Å². The van der Waals surface area contributed by atoms with Crippen molar-refractivity contribution in [2.75, 3.05) is 6.54 Å².